The lowest BCUT2D eigenvalue weighted by Crippen LogP contribution is -2.05. The lowest BCUT2D eigenvalue weighted by atomic mass is 9.95. The minimum Gasteiger partial charge on any atom is -0.392 e. The Morgan fingerprint density at radius 2 is 1.52 bits per heavy atom. The number of aliphatic hydroxyl groups excluding tert-OH is 1. The monoisotopic (exact) mass is 347 g/mol. The molecule has 25 heavy (non-hydrogen) atoms. The molecule has 0 fully saturated rings. The van der Waals surface area contributed by atoms with Crippen LogP contribution in [0.2, 0.25) is 0 Å². The second-order valence-electron chi connectivity index (χ2n) is 5.27. The molecule has 3 nitrogen and oxygen atoms in total. The highest BCUT2D eigenvalue weighted by atomic mass is 19.4. The number of rotatable bonds is 5. The van der Waals surface area contributed by atoms with E-state index in [1.54, 1.807) is 30.3 Å². The maximum absolute atomic E-state index is 12.7. The number of benzene rings is 2. The Bertz CT molecular complexity index is 789. The number of alkyl halides is 3. The molecule has 0 aromatic heterocycles. The molecule has 0 heterocycles. The zero-order chi connectivity index (χ0) is 18.4. The summed E-state index contributed by atoms with van der Waals surface area (Å²) in [6, 6.07) is 11.7. The summed E-state index contributed by atoms with van der Waals surface area (Å²) < 4.78 is 38.2. The minimum absolute atomic E-state index is 0.110. The Labute approximate surface area is 142 Å². The van der Waals surface area contributed by atoms with Gasteiger partial charge in [0.25, 0.3) is 0 Å². The van der Waals surface area contributed by atoms with Crippen LogP contribution >= 0.6 is 0 Å². The predicted octanol–water partition coefficient (Wildman–Crippen LogP) is 3.67. The van der Waals surface area contributed by atoms with Crippen LogP contribution in [0.4, 0.5) is 13.2 Å². The third-order valence-electron chi connectivity index (χ3n) is 3.49. The standard InChI is InChI=1S/C19H16F3NO2/c20-19(21,22)16-10-8-15(9-11-16)17(2-1-3-18(23)25)14-6-4-13(12-24)5-7-14/h1-11,24H,12H2,(H2,23,25). The Balaban J connectivity index is 2.45. The summed E-state index contributed by atoms with van der Waals surface area (Å²) in [7, 11) is 0. The number of carbonyl (C=O) groups is 1. The van der Waals surface area contributed by atoms with Gasteiger partial charge in [-0.25, -0.2) is 0 Å². The zero-order valence-corrected chi connectivity index (χ0v) is 13.1. The van der Waals surface area contributed by atoms with Crippen molar-refractivity contribution in [2.45, 2.75) is 12.8 Å². The molecular formula is C19H16F3NO2. The quantitative estimate of drug-likeness (QED) is 0.640. The van der Waals surface area contributed by atoms with E-state index < -0.39 is 17.6 Å². The average Bonchev–Trinajstić information content (AvgIpc) is 2.58. The molecule has 0 saturated heterocycles. The summed E-state index contributed by atoms with van der Waals surface area (Å²) >= 11 is 0. The number of nitrogens with two attached hydrogens (primary N) is 1. The van der Waals surface area contributed by atoms with E-state index in [0.717, 1.165) is 23.8 Å². The number of hydrogen-bond donors (Lipinski definition) is 2. The highest BCUT2D eigenvalue weighted by Gasteiger charge is 2.30. The van der Waals surface area contributed by atoms with Gasteiger partial charge in [-0.05, 0) is 34.4 Å². The number of aliphatic hydroxyl groups is 1. The van der Waals surface area contributed by atoms with E-state index in [0.29, 0.717) is 16.7 Å². The number of allylic oxidation sites excluding steroid dienone is 2. The number of primary amides is 1. The molecule has 3 N–H and O–H groups in total. The van der Waals surface area contributed by atoms with Gasteiger partial charge >= 0.3 is 6.18 Å². The molecule has 0 radical (unpaired) electrons. The molecule has 2 aromatic rings. The second-order valence-corrected chi connectivity index (χ2v) is 5.27. The Morgan fingerprint density at radius 3 is 1.96 bits per heavy atom. The molecule has 6 heteroatoms. The van der Waals surface area contributed by atoms with Crippen molar-refractivity contribution >= 4 is 11.5 Å². The SMILES string of the molecule is NC(=O)C=CC=C(c1ccc(CO)cc1)c1ccc(C(F)(F)F)cc1. The molecule has 0 unspecified atom stereocenters. The van der Waals surface area contributed by atoms with Crippen molar-refractivity contribution in [3.05, 3.63) is 89.0 Å². The van der Waals surface area contributed by atoms with Crippen LogP contribution in [0.25, 0.3) is 5.57 Å². The van der Waals surface area contributed by atoms with Crippen LogP contribution in [-0.4, -0.2) is 11.0 Å². The summed E-state index contributed by atoms with van der Waals surface area (Å²) in [5.41, 5.74) is 6.93. The summed E-state index contributed by atoms with van der Waals surface area (Å²) in [4.78, 5) is 10.8. The maximum Gasteiger partial charge on any atom is 0.416 e. The molecule has 0 spiro atoms. The van der Waals surface area contributed by atoms with E-state index in [9.17, 15) is 18.0 Å². The molecule has 0 aliphatic rings. The number of hydrogen-bond acceptors (Lipinski definition) is 2. The first-order valence-electron chi connectivity index (χ1n) is 7.37. The van der Waals surface area contributed by atoms with E-state index in [2.05, 4.69) is 0 Å². The number of halogens is 3. The fourth-order valence-electron chi connectivity index (χ4n) is 2.23. The molecular weight excluding hydrogens is 331 g/mol. The maximum atomic E-state index is 12.7. The van der Waals surface area contributed by atoms with Gasteiger partial charge in [-0.1, -0.05) is 48.6 Å². The van der Waals surface area contributed by atoms with Crippen LogP contribution in [0.3, 0.4) is 0 Å². The normalized spacial score (nSPS) is 12.6. The Kier molecular flexibility index (Phi) is 5.77. The van der Waals surface area contributed by atoms with Gasteiger partial charge in [0, 0.05) is 6.08 Å². The zero-order valence-electron chi connectivity index (χ0n) is 13.1. The van der Waals surface area contributed by atoms with Gasteiger partial charge in [-0.3, -0.25) is 4.79 Å². The molecule has 0 aliphatic carbocycles. The molecule has 2 rings (SSSR count). The molecule has 130 valence electrons. The van der Waals surface area contributed by atoms with Crippen molar-refractivity contribution in [3.63, 3.8) is 0 Å². The van der Waals surface area contributed by atoms with Crippen molar-refractivity contribution < 1.29 is 23.1 Å². The van der Waals surface area contributed by atoms with E-state index in [1.807, 2.05) is 0 Å². The van der Waals surface area contributed by atoms with Crippen LogP contribution in [0.15, 0.2) is 66.8 Å². The van der Waals surface area contributed by atoms with Gasteiger partial charge in [0.05, 0.1) is 12.2 Å². The molecule has 0 bridgehead atoms. The topological polar surface area (TPSA) is 63.3 Å². The van der Waals surface area contributed by atoms with E-state index >= 15 is 0 Å². The summed E-state index contributed by atoms with van der Waals surface area (Å²) in [5.74, 6) is -0.626. The predicted molar refractivity (Wildman–Crippen MR) is 89.2 cm³/mol. The Morgan fingerprint density at radius 1 is 1.00 bits per heavy atom. The van der Waals surface area contributed by atoms with Crippen LogP contribution in [0.5, 0.6) is 0 Å². The summed E-state index contributed by atoms with van der Waals surface area (Å²) in [6.07, 6.45) is -0.209. The Hall–Kier alpha value is -2.86. The van der Waals surface area contributed by atoms with E-state index in [4.69, 9.17) is 10.8 Å². The average molecular weight is 347 g/mol. The van der Waals surface area contributed by atoms with Crippen molar-refractivity contribution in [1.82, 2.24) is 0 Å². The van der Waals surface area contributed by atoms with Crippen LogP contribution in [0, 0.1) is 0 Å². The first kappa shape index (κ1) is 18.5. The number of amides is 1. The highest BCUT2D eigenvalue weighted by Crippen LogP contribution is 2.31. The third kappa shape index (κ3) is 5.06. The summed E-state index contributed by atoms with van der Waals surface area (Å²) in [6.45, 7) is -0.110. The van der Waals surface area contributed by atoms with Crippen LogP contribution < -0.4 is 5.73 Å². The van der Waals surface area contributed by atoms with E-state index in [-0.39, 0.29) is 6.61 Å². The molecule has 1 amide bonds. The van der Waals surface area contributed by atoms with E-state index in [1.165, 1.54) is 18.2 Å². The van der Waals surface area contributed by atoms with Gasteiger partial charge in [-0.15, -0.1) is 0 Å². The smallest absolute Gasteiger partial charge is 0.392 e. The molecule has 2 aromatic carbocycles. The number of carbonyl (C=O) groups excluding carboxylic acids is 1. The van der Waals surface area contributed by atoms with Gasteiger partial charge in [0.1, 0.15) is 0 Å². The molecule has 0 aliphatic heterocycles. The second kappa shape index (κ2) is 7.81. The van der Waals surface area contributed by atoms with Crippen LogP contribution in [0.1, 0.15) is 22.3 Å². The lowest BCUT2D eigenvalue weighted by molar-refractivity contribution is -0.137. The van der Waals surface area contributed by atoms with Crippen molar-refractivity contribution in [1.29, 1.82) is 0 Å². The van der Waals surface area contributed by atoms with Gasteiger partial charge < -0.3 is 10.8 Å². The fraction of sp³-hybridized carbons (Fsp3) is 0.105. The summed E-state index contributed by atoms with van der Waals surface area (Å²) in [5, 5.41) is 9.11. The van der Waals surface area contributed by atoms with Crippen LogP contribution in [-0.2, 0) is 17.6 Å². The lowest BCUT2D eigenvalue weighted by Gasteiger charge is -2.11. The molecule has 0 atom stereocenters. The molecule has 0 saturated carbocycles. The van der Waals surface area contributed by atoms with Gasteiger partial charge in [0.2, 0.25) is 5.91 Å². The minimum atomic E-state index is -4.41. The largest absolute Gasteiger partial charge is 0.416 e. The van der Waals surface area contributed by atoms with Gasteiger partial charge in [-0.2, -0.15) is 13.2 Å². The van der Waals surface area contributed by atoms with Crippen molar-refractivity contribution in [3.8, 4) is 0 Å². The highest BCUT2D eigenvalue weighted by molar-refractivity contribution is 5.87. The first-order chi connectivity index (χ1) is 11.8. The fourth-order valence-corrected chi connectivity index (χ4v) is 2.23. The van der Waals surface area contributed by atoms with Crippen molar-refractivity contribution in [2.24, 2.45) is 5.73 Å². The van der Waals surface area contributed by atoms with Gasteiger partial charge in [0.15, 0.2) is 0 Å². The third-order valence-corrected chi connectivity index (χ3v) is 3.49. The van der Waals surface area contributed by atoms with Crippen molar-refractivity contribution in [2.75, 3.05) is 0 Å². The first-order valence-corrected chi connectivity index (χ1v) is 7.37.